The quantitative estimate of drug-likeness (QED) is 0.300. The Bertz CT molecular complexity index is 479. The highest BCUT2D eigenvalue weighted by Gasteiger charge is 2.33. The summed E-state index contributed by atoms with van der Waals surface area (Å²) in [7, 11) is -3.32. The molecule has 0 aliphatic heterocycles. The van der Waals surface area contributed by atoms with Crippen LogP contribution >= 0.6 is 7.60 Å². The second kappa shape index (κ2) is 13.5. The van der Waals surface area contributed by atoms with Gasteiger partial charge in [-0.2, -0.15) is 0 Å². The first-order chi connectivity index (χ1) is 12.6. The SMILES string of the molecule is CCCCC(CCC)OP(=O)(OC(CCC)CCCC)c1ccccc1. The summed E-state index contributed by atoms with van der Waals surface area (Å²) < 4.78 is 26.4. The van der Waals surface area contributed by atoms with E-state index in [1.165, 1.54) is 0 Å². The average molecular weight is 383 g/mol. The summed E-state index contributed by atoms with van der Waals surface area (Å²) in [6.45, 7) is 8.66. The molecule has 0 amide bonds. The first-order valence-corrected chi connectivity index (χ1v) is 12.2. The van der Waals surface area contributed by atoms with Gasteiger partial charge in [0.2, 0.25) is 0 Å². The van der Waals surface area contributed by atoms with Gasteiger partial charge < -0.3 is 9.05 Å². The van der Waals surface area contributed by atoms with E-state index in [0.717, 1.165) is 64.2 Å². The van der Waals surface area contributed by atoms with E-state index in [0.29, 0.717) is 5.30 Å². The van der Waals surface area contributed by atoms with Gasteiger partial charge in [-0.1, -0.05) is 84.4 Å². The highest BCUT2D eigenvalue weighted by atomic mass is 31.2. The molecule has 0 spiro atoms. The van der Waals surface area contributed by atoms with E-state index in [4.69, 9.17) is 9.05 Å². The maximum absolute atomic E-state index is 13.9. The van der Waals surface area contributed by atoms with Crippen LogP contribution in [0.4, 0.5) is 0 Å². The Morgan fingerprint density at radius 1 is 0.731 bits per heavy atom. The van der Waals surface area contributed by atoms with Gasteiger partial charge in [-0.3, -0.25) is 4.57 Å². The highest BCUT2D eigenvalue weighted by molar-refractivity contribution is 7.62. The lowest BCUT2D eigenvalue weighted by Gasteiger charge is -2.28. The maximum atomic E-state index is 13.9. The monoisotopic (exact) mass is 382 g/mol. The number of unbranched alkanes of at least 4 members (excludes halogenated alkanes) is 2. The third kappa shape index (κ3) is 8.37. The van der Waals surface area contributed by atoms with Crippen molar-refractivity contribution in [2.75, 3.05) is 0 Å². The lowest BCUT2D eigenvalue weighted by molar-refractivity contribution is 0.0999. The Kier molecular flexibility index (Phi) is 12.2. The van der Waals surface area contributed by atoms with Crippen LogP contribution in [0.25, 0.3) is 0 Å². The van der Waals surface area contributed by atoms with Gasteiger partial charge in [-0.15, -0.1) is 0 Å². The van der Waals surface area contributed by atoms with Crippen LogP contribution < -0.4 is 5.30 Å². The Balaban J connectivity index is 3.02. The largest absolute Gasteiger partial charge is 0.361 e. The predicted molar refractivity (Wildman–Crippen MR) is 112 cm³/mol. The highest BCUT2D eigenvalue weighted by Crippen LogP contribution is 2.51. The Morgan fingerprint density at radius 2 is 1.19 bits per heavy atom. The summed E-state index contributed by atoms with van der Waals surface area (Å²) in [6, 6.07) is 9.53. The van der Waals surface area contributed by atoms with Gasteiger partial charge in [0.25, 0.3) is 0 Å². The van der Waals surface area contributed by atoms with Gasteiger partial charge in [0, 0.05) is 0 Å². The fourth-order valence-electron chi connectivity index (χ4n) is 3.16. The van der Waals surface area contributed by atoms with Crippen molar-refractivity contribution in [1.29, 1.82) is 0 Å². The molecule has 2 atom stereocenters. The third-order valence-corrected chi connectivity index (χ3v) is 6.71. The topological polar surface area (TPSA) is 35.5 Å². The van der Waals surface area contributed by atoms with Crippen LogP contribution in [0.5, 0.6) is 0 Å². The second-order valence-electron chi connectivity index (χ2n) is 7.15. The maximum Gasteiger partial charge on any atom is 0.361 e. The molecule has 0 radical (unpaired) electrons. The van der Waals surface area contributed by atoms with Crippen LogP contribution in [0.1, 0.15) is 91.9 Å². The molecule has 0 aromatic heterocycles. The van der Waals surface area contributed by atoms with Gasteiger partial charge >= 0.3 is 7.60 Å². The minimum atomic E-state index is -3.32. The van der Waals surface area contributed by atoms with Crippen molar-refractivity contribution in [3.8, 4) is 0 Å². The average Bonchev–Trinajstić information content (AvgIpc) is 2.65. The summed E-state index contributed by atoms with van der Waals surface area (Å²) in [5, 5.41) is 0.690. The first kappa shape index (κ1) is 23.4. The molecular formula is C22H39O3P. The molecule has 0 N–H and O–H groups in total. The van der Waals surface area contributed by atoms with E-state index < -0.39 is 7.60 Å². The fourth-order valence-corrected chi connectivity index (χ4v) is 5.19. The molecular weight excluding hydrogens is 343 g/mol. The van der Waals surface area contributed by atoms with Crippen LogP contribution in [0.15, 0.2) is 30.3 Å². The van der Waals surface area contributed by atoms with Gasteiger partial charge in [0.15, 0.2) is 0 Å². The Hall–Kier alpha value is -0.630. The van der Waals surface area contributed by atoms with E-state index in [2.05, 4.69) is 27.7 Å². The van der Waals surface area contributed by atoms with E-state index in [1.807, 2.05) is 30.3 Å². The molecule has 0 saturated carbocycles. The van der Waals surface area contributed by atoms with Crippen molar-refractivity contribution in [2.24, 2.45) is 0 Å². The zero-order chi connectivity index (χ0) is 19.3. The summed E-state index contributed by atoms with van der Waals surface area (Å²) >= 11 is 0. The van der Waals surface area contributed by atoms with Crippen LogP contribution in [0.2, 0.25) is 0 Å². The van der Waals surface area contributed by atoms with Crippen LogP contribution in [-0.2, 0) is 13.6 Å². The molecule has 3 nitrogen and oxygen atoms in total. The van der Waals surface area contributed by atoms with Crippen LogP contribution in [0, 0.1) is 0 Å². The summed E-state index contributed by atoms with van der Waals surface area (Å²) in [6.07, 6.45) is 10.2. The van der Waals surface area contributed by atoms with Crippen molar-refractivity contribution in [3.05, 3.63) is 30.3 Å². The molecule has 0 saturated heterocycles. The van der Waals surface area contributed by atoms with Crippen molar-refractivity contribution < 1.29 is 13.6 Å². The number of hydrogen-bond donors (Lipinski definition) is 0. The van der Waals surface area contributed by atoms with Crippen molar-refractivity contribution in [1.82, 2.24) is 0 Å². The van der Waals surface area contributed by atoms with Gasteiger partial charge in [0.05, 0.1) is 17.5 Å². The third-order valence-electron chi connectivity index (χ3n) is 4.63. The molecule has 1 aromatic carbocycles. The summed E-state index contributed by atoms with van der Waals surface area (Å²) in [5.74, 6) is 0. The van der Waals surface area contributed by atoms with E-state index in [9.17, 15) is 4.57 Å². The summed E-state index contributed by atoms with van der Waals surface area (Å²) in [4.78, 5) is 0. The zero-order valence-corrected chi connectivity index (χ0v) is 18.2. The van der Waals surface area contributed by atoms with Gasteiger partial charge in [0.1, 0.15) is 0 Å². The minimum Gasteiger partial charge on any atom is -0.302 e. The molecule has 0 aliphatic rings. The van der Waals surface area contributed by atoms with Crippen molar-refractivity contribution in [3.63, 3.8) is 0 Å². The molecule has 1 rings (SSSR count). The molecule has 0 heterocycles. The minimum absolute atomic E-state index is 0.000517. The normalized spacial score (nSPS) is 16.2. The fraction of sp³-hybridized carbons (Fsp3) is 0.727. The van der Waals surface area contributed by atoms with Gasteiger partial charge in [-0.05, 0) is 37.8 Å². The lowest BCUT2D eigenvalue weighted by atomic mass is 10.1. The van der Waals surface area contributed by atoms with E-state index >= 15 is 0 Å². The molecule has 150 valence electrons. The molecule has 0 fully saturated rings. The van der Waals surface area contributed by atoms with Crippen molar-refractivity contribution in [2.45, 2.75) is 104 Å². The molecule has 1 aromatic rings. The first-order valence-electron chi connectivity index (χ1n) is 10.6. The predicted octanol–water partition coefficient (Wildman–Crippen LogP) is 7.26. The van der Waals surface area contributed by atoms with Crippen LogP contribution in [0.3, 0.4) is 0 Å². The van der Waals surface area contributed by atoms with E-state index in [-0.39, 0.29) is 12.2 Å². The number of rotatable bonds is 15. The van der Waals surface area contributed by atoms with Crippen LogP contribution in [-0.4, -0.2) is 12.2 Å². The van der Waals surface area contributed by atoms with E-state index in [1.54, 1.807) is 0 Å². The molecule has 2 unspecified atom stereocenters. The second-order valence-corrected chi connectivity index (χ2v) is 9.08. The zero-order valence-electron chi connectivity index (χ0n) is 17.3. The Morgan fingerprint density at radius 3 is 1.58 bits per heavy atom. The molecule has 0 bridgehead atoms. The summed E-state index contributed by atoms with van der Waals surface area (Å²) in [5.41, 5.74) is 0. The number of benzene rings is 1. The lowest BCUT2D eigenvalue weighted by Crippen LogP contribution is -2.22. The van der Waals surface area contributed by atoms with Gasteiger partial charge in [-0.25, -0.2) is 0 Å². The molecule has 26 heavy (non-hydrogen) atoms. The number of hydrogen-bond acceptors (Lipinski definition) is 3. The smallest absolute Gasteiger partial charge is 0.302 e. The standard InChI is InChI=1S/C22H39O3P/c1-5-9-16-20(14-7-3)24-26(23,22-18-12-11-13-19-22)25-21(15-8-4)17-10-6-2/h11-13,18-21H,5-10,14-17H2,1-4H3. The molecule has 4 heteroatoms. The van der Waals surface area contributed by atoms with Crippen molar-refractivity contribution >= 4 is 12.9 Å². The Labute approximate surface area is 161 Å². The molecule has 0 aliphatic carbocycles.